The summed E-state index contributed by atoms with van der Waals surface area (Å²) in [5.74, 6) is 1.92. The Bertz CT molecular complexity index is 580. The third-order valence-electron chi connectivity index (χ3n) is 3.39. The maximum Gasteiger partial charge on any atom is 0.131 e. The van der Waals surface area contributed by atoms with Crippen molar-refractivity contribution in [2.75, 3.05) is 12.8 Å². The molecule has 0 atom stereocenters. The van der Waals surface area contributed by atoms with E-state index in [2.05, 4.69) is 31.1 Å². The quantitative estimate of drug-likeness (QED) is 0.921. The minimum atomic E-state index is 0.396. The summed E-state index contributed by atoms with van der Waals surface area (Å²) in [4.78, 5) is 0. The van der Waals surface area contributed by atoms with Crippen LogP contribution < -0.4 is 10.5 Å². The van der Waals surface area contributed by atoms with E-state index in [0.717, 1.165) is 22.6 Å². The summed E-state index contributed by atoms with van der Waals surface area (Å²) in [6, 6.07) is 6.12. The number of rotatable bonds is 3. The van der Waals surface area contributed by atoms with Crippen LogP contribution in [0.25, 0.3) is 11.3 Å². The minimum Gasteiger partial charge on any atom is -0.496 e. The Kier molecular flexibility index (Phi) is 3.51. The van der Waals surface area contributed by atoms with Gasteiger partial charge < -0.3 is 10.5 Å². The van der Waals surface area contributed by atoms with Gasteiger partial charge in [-0.1, -0.05) is 26.0 Å². The molecule has 1 aromatic carbocycles. The van der Waals surface area contributed by atoms with Crippen molar-refractivity contribution in [1.82, 2.24) is 9.78 Å². The molecule has 0 aliphatic rings. The Balaban J connectivity index is 2.74. The molecule has 4 heteroatoms. The second kappa shape index (κ2) is 4.96. The van der Waals surface area contributed by atoms with Gasteiger partial charge in [-0.3, -0.25) is 4.68 Å². The number of ether oxygens (including phenoxy) is 1. The first kappa shape index (κ1) is 13.5. The van der Waals surface area contributed by atoms with Crippen LogP contribution in [-0.4, -0.2) is 16.9 Å². The first-order chi connectivity index (χ1) is 8.95. The summed E-state index contributed by atoms with van der Waals surface area (Å²) < 4.78 is 7.26. The second-order valence-electron chi connectivity index (χ2n) is 5.11. The van der Waals surface area contributed by atoms with Gasteiger partial charge in [0, 0.05) is 18.7 Å². The highest BCUT2D eigenvalue weighted by atomic mass is 16.5. The molecule has 4 nitrogen and oxygen atoms in total. The summed E-state index contributed by atoms with van der Waals surface area (Å²) >= 11 is 0. The van der Waals surface area contributed by atoms with Crippen LogP contribution in [0.4, 0.5) is 5.82 Å². The highest BCUT2D eigenvalue weighted by Gasteiger charge is 2.19. The number of anilines is 1. The van der Waals surface area contributed by atoms with E-state index in [0.29, 0.717) is 11.7 Å². The first-order valence-corrected chi connectivity index (χ1v) is 6.43. The fraction of sp³-hybridized carbons (Fsp3) is 0.400. The topological polar surface area (TPSA) is 53.1 Å². The second-order valence-corrected chi connectivity index (χ2v) is 5.11. The van der Waals surface area contributed by atoms with Gasteiger partial charge in [-0.05, 0) is 24.0 Å². The average molecular weight is 259 g/mol. The molecule has 0 aliphatic heterocycles. The number of methoxy groups -OCH3 is 1. The molecule has 0 fully saturated rings. The summed E-state index contributed by atoms with van der Waals surface area (Å²) in [5, 5.41) is 4.48. The smallest absolute Gasteiger partial charge is 0.131 e. The van der Waals surface area contributed by atoms with Gasteiger partial charge in [0.15, 0.2) is 0 Å². The van der Waals surface area contributed by atoms with Crippen LogP contribution in [0.3, 0.4) is 0 Å². The number of aromatic nitrogens is 2. The Morgan fingerprint density at radius 3 is 2.47 bits per heavy atom. The molecule has 0 aliphatic carbocycles. The normalized spacial score (nSPS) is 11.1. The predicted octanol–water partition coefficient (Wildman–Crippen LogP) is 3.11. The van der Waals surface area contributed by atoms with Gasteiger partial charge >= 0.3 is 0 Å². The molecule has 0 unspecified atom stereocenters. The van der Waals surface area contributed by atoms with Crippen LogP contribution in [0.2, 0.25) is 0 Å². The van der Waals surface area contributed by atoms with Crippen molar-refractivity contribution in [3.8, 4) is 17.0 Å². The molecule has 0 amide bonds. The fourth-order valence-electron chi connectivity index (χ4n) is 2.31. The van der Waals surface area contributed by atoms with Gasteiger partial charge in [0.05, 0.1) is 12.8 Å². The van der Waals surface area contributed by atoms with Crippen molar-refractivity contribution in [2.45, 2.75) is 26.7 Å². The molecule has 0 saturated heterocycles. The molecule has 19 heavy (non-hydrogen) atoms. The lowest BCUT2D eigenvalue weighted by atomic mass is 9.92. The van der Waals surface area contributed by atoms with E-state index in [1.807, 2.05) is 20.0 Å². The SMILES string of the molecule is COc1c(C)ccc(C(C)C)c1-c1cc(N)n(C)n1. The molecule has 2 rings (SSSR count). The molecule has 2 aromatic rings. The van der Waals surface area contributed by atoms with Crippen LogP contribution in [0, 0.1) is 6.92 Å². The molecule has 0 bridgehead atoms. The third kappa shape index (κ3) is 2.30. The van der Waals surface area contributed by atoms with Crippen molar-refractivity contribution < 1.29 is 4.74 Å². The summed E-state index contributed by atoms with van der Waals surface area (Å²) in [5.41, 5.74) is 10.1. The van der Waals surface area contributed by atoms with E-state index in [1.54, 1.807) is 11.8 Å². The van der Waals surface area contributed by atoms with Crippen molar-refractivity contribution in [1.29, 1.82) is 0 Å². The Hall–Kier alpha value is -1.97. The molecular formula is C15H21N3O. The zero-order valence-corrected chi connectivity index (χ0v) is 12.2. The van der Waals surface area contributed by atoms with Gasteiger partial charge in [-0.2, -0.15) is 5.10 Å². The summed E-state index contributed by atoms with van der Waals surface area (Å²) in [7, 11) is 3.54. The molecule has 1 heterocycles. The van der Waals surface area contributed by atoms with Crippen LogP contribution in [0.1, 0.15) is 30.9 Å². The zero-order valence-electron chi connectivity index (χ0n) is 12.2. The fourth-order valence-corrected chi connectivity index (χ4v) is 2.31. The lowest BCUT2D eigenvalue weighted by Gasteiger charge is -2.17. The maximum absolute atomic E-state index is 5.89. The van der Waals surface area contributed by atoms with Gasteiger partial charge in [0.2, 0.25) is 0 Å². The van der Waals surface area contributed by atoms with E-state index in [-0.39, 0.29) is 0 Å². The molecule has 1 aromatic heterocycles. The molecule has 0 saturated carbocycles. The Labute approximate surface area is 114 Å². The number of hydrogen-bond acceptors (Lipinski definition) is 3. The van der Waals surface area contributed by atoms with Gasteiger partial charge in [0.25, 0.3) is 0 Å². The zero-order chi connectivity index (χ0) is 14.2. The highest BCUT2D eigenvalue weighted by Crippen LogP contribution is 2.39. The van der Waals surface area contributed by atoms with Crippen molar-refractivity contribution >= 4 is 5.82 Å². The van der Waals surface area contributed by atoms with E-state index in [4.69, 9.17) is 10.5 Å². The van der Waals surface area contributed by atoms with Crippen LogP contribution >= 0.6 is 0 Å². The molecular weight excluding hydrogens is 238 g/mol. The maximum atomic E-state index is 5.89. The standard InChI is InChI=1S/C15H21N3O/c1-9(2)11-7-6-10(3)15(19-5)14(11)12-8-13(16)18(4)17-12/h6-9H,16H2,1-5H3. The Morgan fingerprint density at radius 2 is 2.00 bits per heavy atom. The van der Waals surface area contributed by atoms with E-state index >= 15 is 0 Å². The number of benzene rings is 1. The summed E-state index contributed by atoms with van der Waals surface area (Å²) in [6.07, 6.45) is 0. The Morgan fingerprint density at radius 1 is 1.32 bits per heavy atom. The average Bonchev–Trinajstić information content (AvgIpc) is 2.68. The number of nitrogens with zero attached hydrogens (tertiary/aromatic N) is 2. The monoisotopic (exact) mass is 259 g/mol. The van der Waals surface area contributed by atoms with E-state index in [1.165, 1.54) is 5.56 Å². The molecule has 102 valence electrons. The number of hydrogen-bond donors (Lipinski definition) is 1. The lowest BCUT2D eigenvalue weighted by molar-refractivity contribution is 0.412. The highest BCUT2D eigenvalue weighted by molar-refractivity contribution is 5.75. The van der Waals surface area contributed by atoms with Crippen molar-refractivity contribution in [2.24, 2.45) is 7.05 Å². The van der Waals surface area contributed by atoms with Gasteiger partial charge in [-0.25, -0.2) is 0 Å². The van der Waals surface area contributed by atoms with Crippen LogP contribution in [0.15, 0.2) is 18.2 Å². The number of nitrogens with two attached hydrogens (primary N) is 1. The number of nitrogen functional groups attached to an aromatic ring is 1. The van der Waals surface area contributed by atoms with E-state index in [9.17, 15) is 0 Å². The summed E-state index contributed by atoms with van der Waals surface area (Å²) in [6.45, 7) is 6.37. The predicted molar refractivity (Wildman–Crippen MR) is 78.4 cm³/mol. The largest absolute Gasteiger partial charge is 0.496 e. The third-order valence-corrected chi connectivity index (χ3v) is 3.39. The van der Waals surface area contributed by atoms with Gasteiger partial charge in [-0.15, -0.1) is 0 Å². The van der Waals surface area contributed by atoms with E-state index < -0.39 is 0 Å². The van der Waals surface area contributed by atoms with Crippen LogP contribution in [-0.2, 0) is 7.05 Å². The van der Waals surface area contributed by atoms with Crippen molar-refractivity contribution in [3.05, 3.63) is 29.3 Å². The lowest BCUT2D eigenvalue weighted by Crippen LogP contribution is -2.00. The van der Waals surface area contributed by atoms with Crippen molar-refractivity contribution in [3.63, 3.8) is 0 Å². The van der Waals surface area contributed by atoms with Gasteiger partial charge in [0.1, 0.15) is 11.6 Å². The number of aryl methyl sites for hydroxylation is 2. The minimum absolute atomic E-state index is 0.396. The first-order valence-electron chi connectivity index (χ1n) is 6.43. The van der Waals surface area contributed by atoms with Crippen LogP contribution in [0.5, 0.6) is 5.75 Å². The molecule has 0 radical (unpaired) electrons. The molecule has 2 N–H and O–H groups in total. The molecule has 0 spiro atoms.